The van der Waals surface area contributed by atoms with E-state index in [4.69, 9.17) is 5.73 Å². The predicted octanol–water partition coefficient (Wildman–Crippen LogP) is 2.55. The van der Waals surface area contributed by atoms with Crippen LogP contribution in [0.4, 0.5) is 11.4 Å². The van der Waals surface area contributed by atoms with Crippen LogP contribution in [0.5, 0.6) is 0 Å². The van der Waals surface area contributed by atoms with Gasteiger partial charge in [-0.25, -0.2) is 0 Å². The minimum absolute atomic E-state index is 0.0305. The number of nitrogen functional groups attached to an aromatic ring is 1. The normalized spacial score (nSPS) is 12.1. The number of hydrogen-bond acceptors (Lipinski definition) is 4. The summed E-state index contributed by atoms with van der Waals surface area (Å²) in [4.78, 5) is 16.3. The van der Waals surface area contributed by atoms with E-state index in [0.717, 1.165) is 17.9 Å². The number of nitrogens with two attached hydrogens (primary N) is 1. The van der Waals surface area contributed by atoms with Crippen LogP contribution in [0.1, 0.15) is 23.7 Å². The first kappa shape index (κ1) is 16.7. The third kappa shape index (κ3) is 3.82. The highest BCUT2D eigenvalue weighted by molar-refractivity contribution is 7.98. The zero-order valence-corrected chi connectivity index (χ0v) is 13.8. The first-order valence-corrected chi connectivity index (χ1v) is 8.14. The summed E-state index contributed by atoms with van der Waals surface area (Å²) in [5.74, 6) is 0.979. The first-order chi connectivity index (χ1) is 9.42. The fourth-order valence-electron chi connectivity index (χ4n) is 2.16. The second-order valence-electron chi connectivity index (χ2n) is 5.10. The molecule has 0 aromatic heterocycles. The van der Waals surface area contributed by atoms with Crippen LogP contribution < -0.4 is 10.6 Å². The van der Waals surface area contributed by atoms with E-state index >= 15 is 0 Å². The summed E-state index contributed by atoms with van der Waals surface area (Å²) in [6, 6.07) is 5.76. The van der Waals surface area contributed by atoms with Gasteiger partial charge in [0.05, 0.1) is 11.4 Å². The minimum Gasteiger partial charge on any atom is -0.397 e. The van der Waals surface area contributed by atoms with Crippen LogP contribution >= 0.6 is 11.8 Å². The molecule has 0 bridgehead atoms. The van der Waals surface area contributed by atoms with Crippen molar-refractivity contribution in [1.82, 2.24) is 4.90 Å². The maximum Gasteiger partial charge on any atom is 0.253 e. The number of carbonyl (C=O) groups is 1. The molecule has 5 heteroatoms. The van der Waals surface area contributed by atoms with Crippen LogP contribution in [0.3, 0.4) is 0 Å². The van der Waals surface area contributed by atoms with E-state index in [-0.39, 0.29) is 11.9 Å². The van der Waals surface area contributed by atoms with Crippen LogP contribution in [0.15, 0.2) is 18.2 Å². The molecule has 1 aromatic carbocycles. The Labute approximate surface area is 126 Å². The highest BCUT2D eigenvalue weighted by Gasteiger charge is 2.20. The summed E-state index contributed by atoms with van der Waals surface area (Å²) in [6.07, 6.45) is 3.01. The van der Waals surface area contributed by atoms with Gasteiger partial charge in [-0.15, -0.1) is 0 Å². The molecule has 1 rings (SSSR count). The quantitative estimate of drug-likeness (QED) is 0.819. The number of nitrogens with zero attached hydrogens (tertiary/aromatic N) is 2. The molecule has 1 aromatic rings. The van der Waals surface area contributed by atoms with Crippen molar-refractivity contribution in [2.24, 2.45) is 0 Å². The van der Waals surface area contributed by atoms with Crippen molar-refractivity contribution in [2.45, 2.75) is 19.4 Å². The van der Waals surface area contributed by atoms with Gasteiger partial charge in [-0.3, -0.25) is 4.79 Å². The molecule has 0 saturated heterocycles. The van der Waals surface area contributed by atoms with Gasteiger partial charge < -0.3 is 15.5 Å². The average Bonchev–Trinajstić information content (AvgIpc) is 2.42. The van der Waals surface area contributed by atoms with Crippen LogP contribution in [0, 0.1) is 0 Å². The molecular formula is C15H25N3OS. The lowest BCUT2D eigenvalue weighted by Crippen LogP contribution is -2.38. The first-order valence-electron chi connectivity index (χ1n) is 6.75. The van der Waals surface area contributed by atoms with Crippen molar-refractivity contribution in [3.63, 3.8) is 0 Å². The van der Waals surface area contributed by atoms with Gasteiger partial charge in [-0.1, -0.05) is 6.92 Å². The van der Waals surface area contributed by atoms with E-state index < -0.39 is 0 Å². The summed E-state index contributed by atoms with van der Waals surface area (Å²) < 4.78 is 0. The largest absolute Gasteiger partial charge is 0.397 e. The molecular weight excluding hydrogens is 270 g/mol. The summed E-state index contributed by atoms with van der Waals surface area (Å²) in [7, 11) is 5.73. The molecule has 20 heavy (non-hydrogen) atoms. The summed E-state index contributed by atoms with van der Waals surface area (Å²) >= 11 is 1.76. The smallest absolute Gasteiger partial charge is 0.253 e. The summed E-state index contributed by atoms with van der Waals surface area (Å²) in [5, 5.41) is 0. The SMILES string of the molecule is CCC(CSC)N(C)C(=O)c1ccc(N(C)C)c(N)c1. The third-order valence-corrected chi connectivity index (χ3v) is 4.17. The zero-order chi connectivity index (χ0) is 15.3. The Morgan fingerprint density at radius 3 is 2.45 bits per heavy atom. The molecule has 0 heterocycles. The summed E-state index contributed by atoms with van der Waals surface area (Å²) in [6.45, 7) is 2.11. The molecule has 0 fully saturated rings. The van der Waals surface area contributed by atoms with Gasteiger partial charge in [-0.2, -0.15) is 11.8 Å². The molecule has 1 atom stereocenters. The van der Waals surface area contributed by atoms with Crippen molar-refractivity contribution < 1.29 is 4.79 Å². The lowest BCUT2D eigenvalue weighted by Gasteiger charge is -2.27. The van der Waals surface area contributed by atoms with E-state index in [2.05, 4.69) is 13.2 Å². The molecule has 2 N–H and O–H groups in total. The van der Waals surface area contributed by atoms with Gasteiger partial charge in [0.1, 0.15) is 0 Å². The average molecular weight is 295 g/mol. The highest BCUT2D eigenvalue weighted by Crippen LogP contribution is 2.23. The van der Waals surface area contributed by atoms with E-state index in [1.54, 1.807) is 17.8 Å². The van der Waals surface area contributed by atoms with Gasteiger partial charge in [0.15, 0.2) is 0 Å². The van der Waals surface area contributed by atoms with Crippen molar-refractivity contribution in [1.29, 1.82) is 0 Å². The minimum atomic E-state index is 0.0305. The molecule has 1 unspecified atom stereocenters. The van der Waals surface area contributed by atoms with Gasteiger partial charge in [-0.05, 0) is 30.9 Å². The van der Waals surface area contributed by atoms with Crippen LogP contribution in [-0.2, 0) is 0 Å². The molecule has 0 aliphatic rings. The van der Waals surface area contributed by atoms with Gasteiger partial charge in [0, 0.05) is 38.5 Å². The van der Waals surface area contributed by atoms with Gasteiger partial charge in [0.2, 0.25) is 0 Å². The Kier molecular flexibility index (Phi) is 6.20. The predicted molar refractivity (Wildman–Crippen MR) is 89.7 cm³/mol. The fraction of sp³-hybridized carbons (Fsp3) is 0.533. The number of anilines is 2. The Morgan fingerprint density at radius 1 is 1.35 bits per heavy atom. The highest BCUT2D eigenvalue weighted by atomic mass is 32.2. The van der Waals surface area contributed by atoms with E-state index in [0.29, 0.717) is 11.3 Å². The van der Waals surface area contributed by atoms with E-state index in [9.17, 15) is 4.79 Å². The molecule has 0 spiro atoms. The van der Waals surface area contributed by atoms with Gasteiger partial charge in [0.25, 0.3) is 5.91 Å². The molecule has 112 valence electrons. The zero-order valence-electron chi connectivity index (χ0n) is 13.0. The van der Waals surface area contributed by atoms with Crippen LogP contribution in [-0.4, -0.2) is 50.0 Å². The van der Waals surface area contributed by atoms with Crippen LogP contribution in [0.25, 0.3) is 0 Å². The molecule has 0 aliphatic carbocycles. The maximum atomic E-state index is 12.5. The Morgan fingerprint density at radius 2 is 2.00 bits per heavy atom. The second kappa shape index (κ2) is 7.43. The lowest BCUT2D eigenvalue weighted by molar-refractivity contribution is 0.0743. The molecule has 0 radical (unpaired) electrons. The number of amides is 1. The number of benzene rings is 1. The van der Waals surface area contributed by atoms with Gasteiger partial charge >= 0.3 is 0 Å². The number of hydrogen-bond donors (Lipinski definition) is 1. The summed E-state index contributed by atoms with van der Waals surface area (Å²) in [5.41, 5.74) is 8.22. The fourth-order valence-corrected chi connectivity index (χ4v) is 3.00. The van der Waals surface area contributed by atoms with Crippen molar-refractivity contribution in [3.05, 3.63) is 23.8 Å². The third-order valence-electron chi connectivity index (χ3n) is 3.45. The molecule has 1 amide bonds. The van der Waals surface area contributed by atoms with Crippen molar-refractivity contribution >= 4 is 29.0 Å². The Hall–Kier alpha value is -1.36. The number of rotatable bonds is 6. The second-order valence-corrected chi connectivity index (χ2v) is 6.01. The van der Waals surface area contributed by atoms with E-state index in [1.165, 1.54) is 0 Å². The molecule has 0 aliphatic heterocycles. The van der Waals surface area contributed by atoms with Crippen LogP contribution in [0.2, 0.25) is 0 Å². The molecule has 0 saturated carbocycles. The Balaban J connectivity index is 2.94. The maximum absolute atomic E-state index is 12.5. The van der Waals surface area contributed by atoms with Crippen molar-refractivity contribution in [3.8, 4) is 0 Å². The van der Waals surface area contributed by atoms with E-state index in [1.807, 2.05) is 43.1 Å². The number of thioether (sulfide) groups is 1. The lowest BCUT2D eigenvalue weighted by atomic mass is 10.1. The Bertz CT molecular complexity index is 462. The number of carbonyl (C=O) groups excluding carboxylic acids is 1. The van der Waals surface area contributed by atoms with Crippen molar-refractivity contribution in [2.75, 3.05) is 43.8 Å². The molecule has 4 nitrogen and oxygen atoms in total. The standard InChI is InChI=1S/C15H25N3OS/c1-6-12(10-20-5)18(4)15(19)11-7-8-14(17(2)3)13(16)9-11/h7-9,12H,6,10,16H2,1-5H3. The topological polar surface area (TPSA) is 49.6 Å². The monoisotopic (exact) mass is 295 g/mol.